The zero-order valence-electron chi connectivity index (χ0n) is 19.4. The lowest BCUT2D eigenvalue weighted by Crippen LogP contribution is -2.27. The van der Waals surface area contributed by atoms with Gasteiger partial charge in [0.05, 0.1) is 6.04 Å². The highest BCUT2D eigenvalue weighted by molar-refractivity contribution is 5.97. The van der Waals surface area contributed by atoms with E-state index >= 15 is 0 Å². The highest BCUT2D eigenvalue weighted by atomic mass is 19.4. The number of hydrogen-bond acceptors (Lipinski definition) is 7. The third-order valence-electron chi connectivity index (χ3n) is 5.93. The topological polar surface area (TPSA) is 102 Å². The van der Waals surface area contributed by atoms with Crippen LogP contribution in [0.3, 0.4) is 0 Å². The Hall–Kier alpha value is -4.35. The molecule has 0 bridgehead atoms. The lowest BCUT2D eigenvalue weighted by molar-refractivity contribution is -0.145. The van der Waals surface area contributed by atoms with Crippen LogP contribution in [-0.2, 0) is 11.0 Å². The number of carbonyl (C=O) groups is 1. The molecule has 2 atom stereocenters. The summed E-state index contributed by atoms with van der Waals surface area (Å²) in [6.07, 6.45) is -1.31. The van der Waals surface area contributed by atoms with Crippen LogP contribution in [0.2, 0.25) is 0 Å². The molecule has 2 aromatic heterocycles. The fraction of sp³-hybridized carbons (Fsp3) is 0.240. The zero-order chi connectivity index (χ0) is 26.2. The molecule has 3 heterocycles. The summed E-state index contributed by atoms with van der Waals surface area (Å²) in [5.74, 6) is -1.12. The Morgan fingerprint density at radius 3 is 2.43 bits per heavy atom. The number of rotatable bonds is 6. The molecular formula is C25H20F4N6O2. The Kier molecular flexibility index (Phi) is 6.32. The van der Waals surface area contributed by atoms with Crippen LogP contribution in [-0.4, -0.2) is 38.5 Å². The predicted molar refractivity (Wildman–Crippen MR) is 126 cm³/mol. The highest BCUT2D eigenvalue weighted by Crippen LogP contribution is 2.36. The second-order valence-electron chi connectivity index (χ2n) is 8.49. The van der Waals surface area contributed by atoms with E-state index in [4.69, 9.17) is 4.74 Å². The van der Waals surface area contributed by atoms with Crippen molar-refractivity contribution >= 4 is 22.6 Å². The lowest BCUT2D eigenvalue weighted by atomic mass is 10.0. The van der Waals surface area contributed by atoms with Crippen molar-refractivity contribution in [1.82, 2.24) is 25.3 Å². The molecule has 12 heteroatoms. The first-order chi connectivity index (χ1) is 17.7. The molecule has 0 saturated carbocycles. The van der Waals surface area contributed by atoms with Gasteiger partial charge in [0.25, 0.3) is 5.91 Å². The number of aromatic nitrogens is 4. The van der Waals surface area contributed by atoms with Gasteiger partial charge in [-0.1, -0.05) is 12.1 Å². The van der Waals surface area contributed by atoms with Crippen molar-refractivity contribution < 1.29 is 27.1 Å². The largest absolute Gasteiger partial charge is 0.478 e. The van der Waals surface area contributed by atoms with Gasteiger partial charge in [-0.3, -0.25) is 4.79 Å². The van der Waals surface area contributed by atoms with Crippen molar-refractivity contribution in [2.24, 2.45) is 0 Å². The van der Waals surface area contributed by atoms with Gasteiger partial charge in [-0.05, 0) is 42.3 Å². The summed E-state index contributed by atoms with van der Waals surface area (Å²) in [7, 11) is 0. The summed E-state index contributed by atoms with van der Waals surface area (Å²) in [5, 5.41) is 6.44. The molecular weight excluding hydrogens is 492 g/mol. The molecule has 1 fully saturated rings. The minimum atomic E-state index is -4.64. The van der Waals surface area contributed by atoms with Crippen molar-refractivity contribution in [2.45, 2.75) is 31.7 Å². The van der Waals surface area contributed by atoms with E-state index in [1.165, 1.54) is 18.5 Å². The normalized spacial score (nSPS) is 16.5. The van der Waals surface area contributed by atoms with E-state index in [0.717, 1.165) is 12.4 Å². The minimum Gasteiger partial charge on any atom is -0.478 e. The smallest absolute Gasteiger partial charge is 0.451 e. The Morgan fingerprint density at radius 2 is 1.78 bits per heavy atom. The van der Waals surface area contributed by atoms with Gasteiger partial charge in [0.2, 0.25) is 5.82 Å². The third-order valence-corrected chi connectivity index (χ3v) is 5.93. The van der Waals surface area contributed by atoms with Crippen LogP contribution < -0.4 is 15.4 Å². The molecule has 1 saturated heterocycles. The number of nitrogens with one attached hydrogen (secondary N) is 2. The summed E-state index contributed by atoms with van der Waals surface area (Å²) in [4.78, 5) is 27.7. The number of hydrogen-bond donors (Lipinski definition) is 2. The standard InChI is InChI=1S/C25H20F4N6O2/c1-13(16-10-31-24(32-11-16)25(27,28)29)35-22-18-8-15(14-2-4-17(26)5-3-14)9-20(21(18)33-12-34-22)37-19-6-7-30-23(19)36/h2-5,8-13,19H,6-7H2,1H3,(H,30,36)(H,33,34,35). The van der Waals surface area contributed by atoms with Crippen LogP contribution in [0.1, 0.15) is 30.8 Å². The lowest BCUT2D eigenvalue weighted by Gasteiger charge is -2.19. The van der Waals surface area contributed by atoms with Crippen molar-refractivity contribution in [3.05, 3.63) is 72.3 Å². The first-order valence-electron chi connectivity index (χ1n) is 11.3. The van der Waals surface area contributed by atoms with E-state index in [1.54, 1.807) is 31.2 Å². The van der Waals surface area contributed by atoms with Gasteiger partial charge in [0, 0.05) is 36.3 Å². The predicted octanol–water partition coefficient (Wildman–Crippen LogP) is 4.69. The molecule has 1 amide bonds. The van der Waals surface area contributed by atoms with Crippen LogP contribution in [0.5, 0.6) is 5.75 Å². The molecule has 5 rings (SSSR count). The molecule has 1 aliphatic rings. The fourth-order valence-corrected chi connectivity index (χ4v) is 3.98. The summed E-state index contributed by atoms with van der Waals surface area (Å²) in [6, 6.07) is 8.90. The first-order valence-corrected chi connectivity index (χ1v) is 11.3. The number of ether oxygens (including phenoxy) is 1. The molecule has 1 aliphatic heterocycles. The van der Waals surface area contributed by atoms with Gasteiger partial charge < -0.3 is 15.4 Å². The number of anilines is 1. The molecule has 0 spiro atoms. The SMILES string of the molecule is CC(Nc1ncnc2c(OC3CCNC3=O)cc(-c3ccc(F)cc3)cc12)c1cnc(C(F)(F)F)nc1. The van der Waals surface area contributed by atoms with E-state index in [-0.39, 0.29) is 11.7 Å². The van der Waals surface area contributed by atoms with Crippen molar-refractivity contribution in [3.8, 4) is 16.9 Å². The number of alkyl halides is 3. The molecule has 0 radical (unpaired) electrons. The zero-order valence-corrected chi connectivity index (χ0v) is 19.4. The molecule has 8 nitrogen and oxygen atoms in total. The van der Waals surface area contributed by atoms with E-state index in [0.29, 0.717) is 52.1 Å². The number of benzene rings is 2. The van der Waals surface area contributed by atoms with E-state index in [1.807, 2.05) is 0 Å². The first kappa shape index (κ1) is 24.3. The second kappa shape index (κ2) is 9.60. The fourth-order valence-electron chi connectivity index (χ4n) is 3.98. The third kappa shape index (κ3) is 5.13. The Morgan fingerprint density at radius 1 is 1.05 bits per heavy atom. The molecule has 37 heavy (non-hydrogen) atoms. The van der Waals surface area contributed by atoms with Crippen LogP contribution in [0.15, 0.2) is 55.1 Å². The monoisotopic (exact) mass is 512 g/mol. The minimum absolute atomic E-state index is 0.233. The van der Waals surface area contributed by atoms with Gasteiger partial charge in [-0.2, -0.15) is 13.2 Å². The number of halogens is 4. The molecule has 2 N–H and O–H groups in total. The van der Waals surface area contributed by atoms with Gasteiger partial charge >= 0.3 is 6.18 Å². The van der Waals surface area contributed by atoms with Crippen molar-refractivity contribution in [3.63, 3.8) is 0 Å². The molecule has 2 aromatic carbocycles. The molecule has 190 valence electrons. The number of nitrogens with zero attached hydrogens (tertiary/aromatic N) is 4. The van der Waals surface area contributed by atoms with Gasteiger partial charge in [-0.15, -0.1) is 0 Å². The van der Waals surface area contributed by atoms with Gasteiger partial charge in [0.15, 0.2) is 6.10 Å². The van der Waals surface area contributed by atoms with Gasteiger partial charge in [0.1, 0.15) is 29.2 Å². The maximum Gasteiger partial charge on any atom is 0.451 e. The maximum absolute atomic E-state index is 13.5. The number of fused-ring (bicyclic) bond motifs is 1. The van der Waals surface area contributed by atoms with Crippen LogP contribution in [0.4, 0.5) is 23.4 Å². The van der Waals surface area contributed by atoms with Crippen LogP contribution in [0, 0.1) is 5.82 Å². The molecule has 2 unspecified atom stereocenters. The molecule has 0 aliphatic carbocycles. The Labute approximate surface area is 208 Å². The van der Waals surface area contributed by atoms with Crippen LogP contribution >= 0.6 is 0 Å². The van der Waals surface area contributed by atoms with E-state index < -0.39 is 24.1 Å². The highest BCUT2D eigenvalue weighted by Gasteiger charge is 2.34. The quantitative estimate of drug-likeness (QED) is 0.362. The average Bonchev–Trinajstić information content (AvgIpc) is 3.28. The van der Waals surface area contributed by atoms with Crippen molar-refractivity contribution in [1.29, 1.82) is 0 Å². The van der Waals surface area contributed by atoms with Gasteiger partial charge in [-0.25, -0.2) is 24.3 Å². The van der Waals surface area contributed by atoms with Crippen LogP contribution in [0.25, 0.3) is 22.0 Å². The summed E-state index contributed by atoms with van der Waals surface area (Å²) in [6.45, 7) is 2.22. The second-order valence-corrected chi connectivity index (χ2v) is 8.49. The Bertz CT molecular complexity index is 1450. The average molecular weight is 512 g/mol. The Balaban J connectivity index is 1.54. The summed E-state index contributed by atoms with van der Waals surface area (Å²) < 4.78 is 58.1. The number of amides is 1. The summed E-state index contributed by atoms with van der Waals surface area (Å²) in [5.41, 5.74) is 2.21. The van der Waals surface area contributed by atoms with E-state index in [2.05, 4.69) is 30.6 Å². The maximum atomic E-state index is 13.5. The van der Waals surface area contributed by atoms with E-state index in [9.17, 15) is 22.4 Å². The van der Waals surface area contributed by atoms with Crippen molar-refractivity contribution in [2.75, 3.05) is 11.9 Å². The number of carbonyl (C=O) groups excluding carboxylic acids is 1. The summed E-state index contributed by atoms with van der Waals surface area (Å²) >= 11 is 0. The molecule has 4 aromatic rings.